The van der Waals surface area contributed by atoms with Gasteiger partial charge in [0.15, 0.2) is 0 Å². The molecule has 1 aliphatic heterocycles. The monoisotopic (exact) mass is 457 g/mol. The van der Waals surface area contributed by atoms with Gasteiger partial charge in [-0.15, -0.1) is 0 Å². The van der Waals surface area contributed by atoms with E-state index in [0.29, 0.717) is 25.0 Å². The van der Waals surface area contributed by atoms with Gasteiger partial charge in [0.1, 0.15) is 0 Å². The fraction of sp³-hybridized carbons (Fsp3) is 0.321. The van der Waals surface area contributed by atoms with Gasteiger partial charge in [0.2, 0.25) is 0 Å². The third-order valence-electron chi connectivity index (χ3n) is 6.82. The number of benzene rings is 2. The summed E-state index contributed by atoms with van der Waals surface area (Å²) in [6, 6.07) is 20.7. The number of rotatable bonds is 7. The minimum absolute atomic E-state index is 0.0207. The maximum atomic E-state index is 11.3. The van der Waals surface area contributed by atoms with Crippen molar-refractivity contribution in [2.24, 2.45) is 11.1 Å². The number of oxime groups is 1. The average Bonchev–Trinajstić information content (AvgIpc) is 2.86. The largest absolute Gasteiger partial charge is 0.481 e. The summed E-state index contributed by atoms with van der Waals surface area (Å²) < 4.78 is 0. The molecule has 6 nitrogen and oxygen atoms in total. The number of carbonyl (C=O) groups is 1. The van der Waals surface area contributed by atoms with Crippen LogP contribution in [0.15, 0.2) is 72.0 Å². The van der Waals surface area contributed by atoms with Gasteiger partial charge in [-0.3, -0.25) is 9.78 Å². The first-order valence-electron chi connectivity index (χ1n) is 11.7. The van der Waals surface area contributed by atoms with Gasteiger partial charge in [-0.1, -0.05) is 41.6 Å². The summed E-state index contributed by atoms with van der Waals surface area (Å²) in [4.78, 5) is 17.8. The lowest BCUT2D eigenvalue weighted by Gasteiger charge is -2.32. The number of aliphatic carboxylic acids is 1. The molecule has 176 valence electrons. The van der Waals surface area contributed by atoms with Gasteiger partial charge in [0, 0.05) is 48.6 Å². The normalized spacial score (nSPS) is 15.8. The molecule has 0 saturated carbocycles. The summed E-state index contributed by atoms with van der Waals surface area (Å²) in [6.45, 7) is 5.53. The number of aryl methyl sites for hydroxylation is 2. The van der Waals surface area contributed by atoms with Crippen LogP contribution in [-0.4, -0.2) is 40.1 Å². The van der Waals surface area contributed by atoms with Crippen molar-refractivity contribution in [3.63, 3.8) is 0 Å². The van der Waals surface area contributed by atoms with Crippen molar-refractivity contribution in [2.75, 3.05) is 18.0 Å². The highest BCUT2D eigenvalue weighted by molar-refractivity contribution is 6.01. The maximum Gasteiger partial charge on any atom is 0.306 e. The molecular weight excluding hydrogens is 426 g/mol. The van der Waals surface area contributed by atoms with Crippen LogP contribution in [0.3, 0.4) is 0 Å². The lowest BCUT2D eigenvalue weighted by Crippen LogP contribution is -2.36. The van der Waals surface area contributed by atoms with Crippen LogP contribution in [0.5, 0.6) is 0 Å². The van der Waals surface area contributed by atoms with Gasteiger partial charge in [-0.25, -0.2) is 0 Å². The molecule has 0 radical (unpaired) electrons. The topological polar surface area (TPSA) is 86.0 Å². The Balaban J connectivity index is 1.61. The molecule has 2 heterocycles. The number of anilines is 1. The van der Waals surface area contributed by atoms with E-state index in [1.54, 1.807) is 6.20 Å². The van der Waals surface area contributed by atoms with Gasteiger partial charge in [-0.2, -0.15) is 0 Å². The van der Waals surface area contributed by atoms with Crippen LogP contribution in [-0.2, 0) is 4.79 Å². The van der Waals surface area contributed by atoms with Crippen molar-refractivity contribution in [1.29, 1.82) is 0 Å². The summed E-state index contributed by atoms with van der Waals surface area (Å²) >= 11 is 0. The molecule has 3 aromatic rings. The molecule has 0 aliphatic carbocycles. The van der Waals surface area contributed by atoms with Gasteiger partial charge < -0.3 is 15.2 Å². The minimum atomic E-state index is -0.693. The Morgan fingerprint density at radius 1 is 1.09 bits per heavy atom. The first kappa shape index (κ1) is 23.5. The first-order valence-corrected chi connectivity index (χ1v) is 11.7. The summed E-state index contributed by atoms with van der Waals surface area (Å²) in [7, 11) is 0. The van der Waals surface area contributed by atoms with Gasteiger partial charge in [-0.05, 0) is 67.6 Å². The summed E-state index contributed by atoms with van der Waals surface area (Å²) in [5.41, 5.74) is 7.01. The summed E-state index contributed by atoms with van der Waals surface area (Å²) in [5.74, 6) is -0.914. The van der Waals surface area contributed by atoms with Crippen molar-refractivity contribution >= 4 is 17.4 Å². The molecule has 1 fully saturated rings. The quantitative estimate of drug-likeness (QED) is 0.282. The van der Waals surface area contributed by atoms with E-state index in [1.807, 2.05) is 31.2 Å². The molecule has 34 heavy (non-hydrogen) atoms. The zero-order chi connectivity index (χ0) is 24.1. The molecule has 1 atom stereocenters. The fourth-order valence-corrected chi connectivity index (χ4v) is 4.82. The van der Waals surface area contributed by atoms with Gasteiger partial charge in [0.25, 0.3) is 0 Å². The molecule has 2 aromatic carbocycles. The fourth-order valence-electron chi connectivity index (χ4n) is 4.82. The number of carboxylic acids is 1. The minimum Gasteiger partial charge on any atom is -0.481 e. The Bertz CT molecular complexity index is 1170. The molecule has 1 unspecified atom stereocenters. The molecule has 2 N–H and O–H groups in total. The number of nitrogens with zero attached hydrogens (tertiary/aromatic N) is 3. The van der Waals surface area contributed by atoms with E-state index in [1.165, 1.54) is 11.1 Å². The lowest BCUT2D eigenvalue weighted by molar-refractivity contribution is -0.142. The van der Waals surface area contributed by atoms with E-state index in [0.717, 1.165) is 35.6 Å². The number of pyridine rings is 1. The molecule has 0 amide bonds. The van der Waals surface area contributed by atoms with E-state index in [4.69, 9.17) is 0 Å². The van der Waals surface area contributed by atoms with E-state index in [-0.39, 0.29) is 11.8 Å². The third kappa shape index (κ3) is 5.28. The average molecular weight is 458 g/mol. The van der Waals surface area contributed by atoms with Crippen LogP contribution in [0.2, 0.25) is 0 Å². The van der Waals surface area contributed by atoms with Gasteiger partial charge in [0.05, 0.1) is 11.6 Å². The molecule has 1 saturated heterocycles. The van der Waals surface area contributed by atoms with Crippen LogP contribution in [0.25, 0.3) is 0 Å². The second kappa shape index (κ2) is 10.5. The molecule has 1 aliphatic rings. The van der Waals surface area contributed by atoms with Crippen LogP contribution in [0.4, 0.5) is 5.69 Å². The van der Waals surface area contributed by atoms with E-state index < -0.39 is 5.97 Å². The predicted octanol–water partition coefficient (Wildman–Crippen LogP) is 5.40. The Kier molecular flexibility index (Phi) is 7.26. The Morgan fingerprint density at radius 3 is 2.41 bits per heavy atom. The lowest BCUT2D eigenvalue weighted by atomic mass is 9.83. The number of piperidine rings is 1. The van der Waals surface area contributed by atoms with Crippen molar-refractivity contribution in [3.05, 3.63) is 94.8 Å². The second-order valence-electron chi connectivity index (χ2n) is 9.04. The highest BCUT2D eigenvalue weighted by Gasteiger charge is 2.25. The van der Waals surface area contributed by atoms with Gasteiger partial charge >= 0.3 is 5.97 Å². The Hall–Kier alpha value is -3.67. The number of hydrogen-bond acceptors (Lipinski definition) is 5. The van der Waals surface area contributed by atoms with E-state index in [2.05, 4.69) is 58.4 Å². The van der Waals surface area contributed by atoms with Crippen molar-refractivity contribution in [1.82, 2.24) is 4.98 Å². The number of hydrogen-bond donors (Lipinski definition) is 2. The molecule has 1 aromatic heterocycles. The maximum absolute atomic E-state index is 11.3. The first-order chi connectivity index (χ1) is 16.5. The van der Waals surface area contributed by atoms with E-state index >= 15 is 0 Å². The molecule has 0 spiro atoms. The van der Waals surface area contributed by atoms with Crippen molar-refractivity contribution in [2.45, 2.75) is 39.0 Å². The van der Waals surface area contributed by atoms with Crippen LogP contribution >= 0.6 is 0 Å². The zero-order valence-corrected chi connectivity index (χ0v) is 19.7. The highest BCUT2D eigenvalue weighted by atomic mass is 16.4. The highest BCUT2D eigenvalue weighted by Crippen LogP contribution is 2.33. The number of carboxylic acid groups (broad SMARTS) is 1. The smallest absolute Gasteiger partial charge is 0.306 e. The molecule has 0 bridgehead atoms. The Morgan fingerprint density at radius 2 is 1.79 bits per heavy atom. The summed E-state index contributed by atoms with van der Waals surface area (Å²) in [5, 5.41) is 22.8. The van der Waals surface area contributed by atoms with Crippen LogP contribution in [0.1, 0.15) is 53.1 Å². The molecular formula is C28H31N3O3. The standard InChI is InChI=1S/C28H31N3O3/c1-19-5-3-4-6-25(19)26(18-27(30-34)23-11-14-29-20(2)17-23)21-7-9-24(10-8-21)31-15-12-22(13-16-31)28(32)33/h3-11,14,17,22,26,34H,12-13,15-16,18H2,1-2H3,(H,32,33)/b30-27-. The Labute approximate surface area is 200 Å². The van der Waals surface area contributed by atoms with Crippen LogP contribution < -0.4 is 4.90 Å². The third-order valence-corrected chi connectivity index (χ3v) is 6.82. The zero-order valence-electron chi connectivity index (χ0n) is 19.7. The predicted molar refractivity (Wildman–Crippen MR) is 134 cm³/mol. The number of aromatic nitrogens is 1. The van der Waals surface area contributed by atoms with Crippen molar-refractivity contribution < 1.29 is 15.1 Å². The SMILES string of the molecule is Cc1cc(/C(CC(c2ccc(N3CCC(C(=O)O)CC3)cc2)c2ccccc2C)=N\O)ccn1. The molecule has 6 heteroatoms. The summed E-state index contributed by atoms with van der Waals surface area (Å²) in [6.07, 6.45) is 3.63. The molecule has 4 rings (SSSR count). The van der Waals surface area contributed by atoms with Crippen LogP contribution in [0, 0.1) is 19.8 Å². The second-order valence-corrected chi connectivity index (χ2v) is 9.04. The van der Waals surface area contributed by atoms with Crippen molar-refractivity contribution in [3.8, 4) is 0 Å². The van der Waals surface area contributed by atoms with E-state index in [9.17, 15) is 15.1 Å².